The van der Waals surface area contributed by atoms with Crippen molar-refractivity contribution in [3.63, 3.8) is 0 Å². The van der Waals surface area contributed by atoms with Crippen molar-refractivity contribution >= 4 is 23.3 Å². The van der Waals surface area contributed by atoms with Gasteiger partial charge in [0.15, 0.2) is 0 Å². The van der Waals surface area contributed by atoms with E-state index in [2.05, 4.69) is 28.9 Å². The molecule has 2 rings (SSSR count). The summed E-state index contributed by atoms with van der Waals surface area (Å²) in [6.45, 7) is 4.11. The normalized spacial score (nSPS) is 10.5. The highest BCUT2D eigenvalue weighted by atomic mass is 35.5. The van der Waals surface area contributed by atoms with Gasteiger partial charge in [0.1, 0.15) is 0 Å². The van der Waals surface area contributed by atoms with Crippen molar-refractivity contribution in [3.8, 4) is 11.3 Å². The first-order chi connectivity index (χ1) is 10.0. The number of hydrogen-bond donors (Lipinski definition) is 1. The molecule has 0 atom stereocenters. The Kier molecular flexibility index (Phi) is 4.81. The minimum atomic E-state index is -0.399. The molecule has 2 aromatic rings. The summed E-state index contributed by atoms with van der Waals surface area (Å²) in [5, 5.41) is 3.91. The summed E-state index contributed by atoms with van der Waals surface area (Å²) >= 11 is 6.26. The molecule has 0 aliphatic heterocycles. The number of anilines is 1. The molecule has 0 saturated heterocycles. The lowest BCUT2D eigenvalue weighted by Gasteiger charge is -2.12. The van der Waals surface area contributed by atoms with E-state index in [1.165, 1.54) is 13.3 Å². The Morgan fingerprint density at radius 2 is 2.05 bits per heavy atom. The Labute approximate surface area is 129 Å². The summed E-state index contributed by atoms with van der Waals surface area (Å²) in [6.07, 6.45) is 1.50. The summed E-state index contributed by atoms with van der Waals surface area (Å²) in [4.78, 5) is 15.6. The van der Waals surface area contributed by atoms with E-state index in [1.54, 1.807) is 12.1 Å². The van der Waals surface area contributed by atoms with Crippen molar-refractivity contribution in [2.45, 2.75) is 19.9 Å². The van der Waals surface area contributed by atoms with E-state index >= 15 is 0 Å². The van der Waals surface area contributed by atoms with Gasteiger partial charge in [-0.05, 0) is 38.1 Å². The highest BCUT2D eigenvalue weighted by Gasteiger charge is 2.08. The van der Waals surface area contributed by atoms with Crippen molar-refractivity contribution in [2.24, 2.45) is 0 Å². The van der Waals surface area contributed by atoms with Gasteiger partial charge in [0.2, 0.25) is 0 Å². The third-order valence-electron chi connectivity index (χ3n) is 2.89. The van der Waals surface area contributed by atoms with Crippen LogP contribution in [0.4, 0.5) is 5.69 Å². The van der Waals surface area contributed by atoms with Crippen LogP contribution in [-0.2, 0) is 4.74 Å². The maximum absolute atomic E-state index is 11.4. The van der Waals surface area contributed by atoms with E-state index < -0.39 is 5.97 Å². The second kappa shape index (κ2) is 6.59. The van der Waals surface area contributed by atoms with Crippen LogP contribution in [0, 0.1) is 0 Å². The number of halogens is 1. The molecule has 0 fully saturated rings. The summed E-state index contributed by atoms with van der Waals surface area (Å²) in [6, 6.07) is 9.48. The first kappa shape index (κ1) is 15.3. The lowest BCUT2D eigenvalue weighted by Crippen LogP contribution is -2.09. The van der Waals surface area contributed by atoms with Crippen LogP contribution in [-0.4, -0.2) is 24.1 Å². The number of aromatic nitrogens is 1. The first-order valence-electron chi connectivity index (χ1n) is 6.62. The van der Waals surface area contributed by atoms with Crippen molar-refractivity contribution in [3.05, 3.63) is 47.1 Å². The molecular formula is C16H17ClN2O2. The molecule has 0 aliphatic carbocycles. The number of nitrogens with zero attached hydrogens (tertiary/aromatic N) is 1. The molecular weight excluding hydrogens is 288 g/mol. The molecule has 4 nitrogen and oxygen atoms in total. The second-order valence-corrected chi connectivity index (χ2v) is 5.32. The number of rotatable bonds is 4. The Morgan fingerprint density at radius 1 is 1.29 bits per heavy atom. The second-order valence-electron chi connectivity index (χ2n) is 4.92. The molecule has 0 bridgehead atoms. The number of methoxy groups -OCH3 is 1. The van der Waals surface area contributed by atoms with Crippen molar-refractivity contribution < 1.29 is 9.53 Å². The lowest BCUT2D eigenvalue weighted by atomic mass is 10.1. The minimum absolute atomic E-state index is 0.311. The third-order valence-corrected chi connectivity index (χ3v) is 3.21. The molecule has 0 spiro atoms. The van der Waals surface area contributed by atoms with Crippen LogP contribution >= 0.6 is 11.6 Å². The lowest BCUT2D eigenvalue weighted by molar-refractivity contribution is 0.0600. The van der Waals surface area contributed by atoms with E-state index in [-0.39, 0.29) is 0 Å². The van der Waals surface area contributed by atoms with Crippen molar-refractivity contribution in [1.82, 2.24) is 4.98 Å². The van der Waals surface area contributed by atoms with Gasteiger partial charge in [0, 0.05) is 17.8 Å². The van der Waals surface area contributed by atoms with Crippen LogP contribution in [0.1, 0.15) is 24.2 Å². The zero-order valence-corrected chi connectivity index (χ0v) is 12.9. The molecule has 0 saturated carbocycles. The first-order valence-corrected chi connectivity index (χ1v) is 7.00. The smallest absolute Gasteiger partial charge is 0.339 e. The quantitative estimate of drug-likeness (QED) is 0.867. The Morgan fingerprint density at radius 3 is 2.57 bits per heavy atom. The SMILES string of the molecule is COC(=O)c1ccc(-c2ccc(NC(C)C)c(Cl)c2)nc1. The van der Waals surface area contributed by atoms with Crippen LogP contribution < -0.4 is 5.32 Å². The average Bonchev–Trinajstić information content (AvgIpc) is 2.48. The van der Waals surface area contributed by atoms with Gasteiger partial charge in [-0.15, -0.1) is 0 Å². The monoisotopic (exact) mass is 304 g/mol. The van der Waals surface area contributed by atoms with Crippen LogP contribution in [0.2, 0.25) is 5.02 Å². The molecule has 0 amide bonds. The Hall–Kier alpha value is -2.07. The van der Waals surface area contributed by atoms with Gasteiger partial charge in [-0.1, -0.05) is 17.7 Å². The fourth-order valence-corrected chi connectivity index (χ4v) is 2.14. The fourth-order valence-electron chi connectivity index (χ4n) is 1.91. The maximum atomic E-state index is 11.4. The molecule has 0 radical (unpaired) electrons. The van der Waals surface area contributed by atoms with E-state index in [9.17, 15) is 4.79 Å². The van der Waals surface area contributed by atoms with Crippen molar-refractivity contribution in [2.75, 3.05) is 12.4 Å². The highest BCUT2D eigenvalue weighted by molar-refractivity contribution is 6.33. The van der Waals surface area contributed by atoms with E-state index in [1.807, 2.05) is 18.2 Å². The fraction of sp³-hybridized carbons (Fsp3) is 0.250. The van der Waals surface area contributed by atoms with Gasteiger partial charge in [0.05, 0.1) is 29.1 Å². The standard InChI is InChI=1S/C16H17ClN2O2/c1-10(2)19-15-7-4-11(8-13(15)17)14-6-5-12(9-18-14)16(20)21-3/h4-10,19H,1-3H3. The summed E-state index contributed by atoms with van der Waals surface area (Å²) in [5.74, 6) is -0.399. The third kappa shape index (κ3) is 3.73. The molecule has 110 valence electrons. The van der Waals surface area contributed by atoms with Crippen LogP contribution in [0.3, 0.4) is 0 Å². The molecule has 1 heterocycles. The predicted octanol–water partition coefficient (Wildman–Crippen LogP) is 4.01. The van der Waals surface area contributed by atoms with E-state index in [4.69, 9.17) is 11.6 Å². The maximum Gasteiger partial charge on any atom is 0.339 e. The van der Waals surface area contributed by atoms with Gasteiger partial charge in [0.25, 0.3) is 0 Å². The molecule has 1 aromatic heterocycles. The Balaban J connectivity index is 2.26. The van der Waals surface area contributed by atoms with Gasteiger partial charge in [-0.2, -0.15) is 0 Å². The van der Waals surface area contributed by atoms with Gasteiger partial charge >= 0.3 is 5.97 Å². The van der Waals surface area contributed by atoms with Gasteiger partial charge in [-0.3, -0.25) is 4.98 Å². The zero-order chi connectivity index (χ0) is 15.4. The average molecular weight is 305 g/mol. The molecule has 1 aromatic carbocycles. The molecule has 1 N–H and O–H groups in total. The summed E-state index contributed by atoms with van der Waals surface area (Å²) in [5.41, 5.74) is 2.96. The number of carbonyl (C=O) groups is 1. The molecule has 0 unspecified atom stereocenters. The van der Waals surface area contributed by atoms with Crippen molar-refractivity contribution in [1.29, 1.82) is 0 Å². The van der Waals surface area contributed by atoms with Gasteiger partial charge < -0.3 is 10.1 Å². The zero-order valence-electron chi connectivity index (χ0n) is 12.2. The number of nitrogens with one attached hydrogen (secondary N) is 1. The number of hydrogen-bond acceptors (Lipinski definition) is 4. The number of benzene rings is 1. The van der Waals surface area contributed by atoms with Gasteiger partial charge in [-0.25, -0.2) is 4.79 Å². The van der Waals surface area contributed by atoms with E-state index in [0.717, 1.165) is 16.9 Å². The number of esters is 1. The number of ether oxygens (including phenoxy) is 1. The van der Waals surface area contributed by atoms with E-state index in [0.29, 0.717) is 16.6 Å². The predicted molar refractivity (Wildman–Crippen MR) is 84.8 cm³/mol. The van der Waals surface area contributed by atoms with Crippen LogP contribution in [0.25, 0.3) is 11.3 Å². The topological polar surface area (TPSA) is 51.2 Å². The Bertz CT molecular complexity index is 639. The minimum Gasteiger partial charge on any atom is -0.465 e. The van der Waals surface area contributed by atoms with Crippen LogP contribution in [0.15, 0.2) is 36.5 Å². The molecule has 0 aliphatic rings. The number of carbonyl (C=O) groups excluding carboxylic acids is 1. The number of pyridine rings is 1. The van der Waals surface area contributed by atoms with Crippen LogP contribution in [0.5, 0.6) is 0 Å². The molecule has 5 heteroatoms. The summed E-state index contributed by atoms with van der Waals surface area (Å²) in [7, 11) is 1.34. The largest absolute Gasteiger partial charge is 0.465 e. The highest BCUT2D eigenvalue weighted by Crippen LogP contribution is 2.28. The molecule has 21 heavy (non-hydrogen) atoms. The summed E-state index contributed by atoms with van der Waals surface area (Å²) < 4.78 is 4.65.